The lowest BCUT2D eigenvalue weighted by atomic mass is 10.2. The van der Waals surface area contributed by atoms with Crippen molar-refractivity contribution in [1.82, 2.24) is 8.61 Å². The predicted octanol–water partition coefficient (Wildman–Crippen LogP) is 2.03. The fourth-order valence-electron chi connectivity index (χ4n) is 1.91. The highest BCUT2D eigenvalue weighted by Gasteiger charge is 2.28. The first-order valence-electron chi connectivity index (χ1n) is 5.84. The Balaban J connectivity index is 2.05. The first kappa shape index (κ1) is 14.3. The summed E-state index contributed by atoms with van der Waals surface area (Å²) in [6, 6.07) is 4.19. The Kier molecular flexibility index (Phi) is 4.71. The number of thiophene rings is 1. The van der Waals surface area contributed by atoms with Gasteiger partial charge in [0.2, 0.25) is 0 Å². The number of rotatable bonds is 3. The van der Waals surface area contributed by atoms with E-state index in [-0.39, 0.29) is 0 Å². The van der Waals surface area contributed by atoms with Gasteiger partial charge in [-0.2, -0.15) is 28.8 Å². The van der Waals surface area contributed by atoms with Crippen molar-refractivity contribution in [3.63, 3.8) is 0 Å². The van der Waals surface area contributed by atoms with E-state index in [0.29, 0.717) is 18.3 Å². The van der Waals surface area contributed by atoms with Crippen LogP contribution in [-0.4, -0.2) is 50.0 Å². The Morgan fingerprint density at radius 2 is 2.17 bits per heavy atom. The highest BCUT2D eigenvalue weighted by atomic mass is 32.2. The highest BCUT2D eigenvalue weighted by Crippen LogP contribution is 2.37. The lowest BCUT2D eigenvalue weighted by Gasteiger charge is -2.23. The average Bonchev–Trinajstić information content (AvgIpc) is 2.73. The van der Waals surface area contributed by atoms with E-state index in [0.717, 1.165) is 12.2 Å². The van der Waals surface area contributed by atoms with Crippen LogP contribution in [0.2, 0.25) is 0 Å². The largest absolute Gasteiger partial charge is 0.281 e. The third kappa shape index (κ3) is 3.08. The van der Waals surface area contributed by atoms with Gasteiger partial charge < -0.3 is 0 Å². The van der Waals surface area contributed by atoms with E-state index in [1.807, 2.05) is 11.8 Å². The number of hydrogen-bond acceptors (Lipinski definition) is 4. The summed E-state index contributed by atoms with van der Waals surface area (Å²) < 4.78 is 27.0. The van der Waals surface area contributed by atoms with Gasteiger partial charge in [-0.25, -0.2) is 0 Å². The SMILES string of the molecule is CN(C)S(=O)(=O)N1CCSC(c2cccs2)CC1. The number of nitrogens with zero attached hydrogens (tertiary/aromatic N) is 2. The number of hydrogen-bond donors (Lipinski definition) is 0. The van der Waals surface area contributed by atoms with Crippen LogP contribution in [0.3, 0.4) is 0 Å². The third-order valence-corrected chi connectivity index (χ3v) is 7.33. The first-order valence-corrected chi connectivity index (χ1v) is 9.17. The smallest absolute Gasteiger partial charge is 0.195 e. The molecule has 18 heavy (non-hydrogen) atoms. The summed E-state index contributed by atoms with van der Waals surface area (Å²) in [7, 11) is -0.0839. The molecule has 0 spiro atoms. The molecule has 1 saturated heterocycles. The third-order valence-electron chi connectivity index (χ3n) is 2.95. The molecule has 4 nitrogen and oxygen atoms in total. The molecule has 102 valence electrons. The van der Waals surface area contributed by atoms with Crippen molar-refractivity contribution in [1.29, 1.82) is 0 Å². The minimum absolute atomic E-state index is 0.437. The van der Waals surface area contributed by atoms with Crippen LogP contribution in [0.1, 0.15) is 16.5 Å². The molecular formula is C11H18N2O2S3. The van der Waals surface area contributed by atoms with Gasteiger partial charge in [-0.15, -0.1) is 11.3 Å². The Hall–Kier alpha value is -0.0800. The number of thioether (sulfide) groups is 1. The van der Waals surface area contributed by atoms with Crippen molar-refractivity contribution in [2.75, 3.05) is 32.9 Å². The Morgan fingerprint density at radius 3 is 2.78 bits per heavy atom. The van der Waals surface area contributed by atoms with Crippen molar-refractivity contribution < 1.29 is 8.42 Å². The Morgan fingerprint density at radius 1 is 1.39 bits per heavy atom. The second-order valence-corrected chi connectivity index (χ2v) is 8.78. The van der Waals surface area contributed by atoms with E-state index in [2.05, 4.69) is 17.5 Å². The summed E-state index contributed by atoms with van der Waals surface area (Å²) in [5, 5.41) is 2.52. The molecule has 0 radical (unpaired) electrons. The normalized spacial score (nSPS) is 23.2. The minimum atomic E-state index is -3.26. The van der Waals surface area contributed by atoms with Crippen LogP contribution < -0.4 is 0 Å². The summed E-state index contributed by atoms with van der Waals surface area (Å²) in [4.78, 5) is 1.35. The topological polar surface area (TPSA) is 40.6 Å². The van der Waals surface area contributed by atoms with Crippen molar-refractivity contribution in [3.05, 3.63) is 22.4 Å². The van der Waals surface area contributed by atoms with Gasteiger partial charge >= 0.3 is 0 Å². The van der Waals surface area contributed by atoms with Gasteiger partial charge in [0.05, 0.1) is 0 Å². The van der Waals surface area contributed by atoms with Crippen LogP contribution >= 0.6 is 23.1 Å². The molecule has 2 rings (SSSR count). The molecule has 7 heteroatoms. The molecule has 1 fully saturated rings. The molecule has 1 aromatic rings. The Bertz CT molecular complexity index is 470. The van der Waals surface area contributed by atoms with E-state index in [1.165, 1.54) is 9.18 Å². The van der Waals surface area contributed by atoms with E-state index in [4.69, 9.17) is 0 Å². The molecule has 1 atom stereocenters. The molecule has 1 aliphatic heterocycles. The molecule has 1 aliphatic rings. The van der Waals surface area contributed by atoms with Gasteiger partial charge in [0.15, 0.2) is 0 Å². The van der Waals surface area contributed by atoms with Gasteiger partial charge in [0.1, 0.15) is 0 Å². The zero-order valence-electron chi connectivity index (χ0n) is 10.6. The van der Waals surface area contributed by atoms with Crippen molar-refractivity contribution in [2.45, 2.75) is 11.7 Å². The van der Waals surface area contributed by atoms with E-state index >= 15 is 0 Å². The van der Waals surface area contributed by atoms with Gasteiger partial charge in [0.25, 0.3) is 10.2 Å². The molecule has 2 heterocycles. The van der Waals surface area contributed by atoms with E-state index < -0.39 is 10.2 Å². The van der Waals surface area contributed by atoms with Crippen LogP contribution in [0.25, 0.3) is 0 Å². The molecule has 1 unspecified atom stereocenters. The zero-order chi connectivity index (χ0) is 13.2. The van der Waals surface area contributed by atoms with E-state index in [1.54, 1.807) is 29.7 Å². The van der Waals surface area contributed by atoms with Crippen LogP contribution in [0.4, 0.5) is 0 Å². The van der Waals surface area contributed by atoms with Gasteiger partial charge in [-0.05, 0) is 17.9 Å². The fraction of sp³-hybridized carbons (Fsp3) is 0.636. The molecule has 1 aromatic heterocycles. The van der Waals surface area contributed by atoms with E-state index in [9.17, 15) is 8.42 Å². The van der Waals surface area contributed by atoms with Gasteiger partial charge in [-0.3, -0.25) is 0 Å². The quantitative estimate of drug-likeness (QED) is 0.858. The van der Waals surface area contributed by atoms with Crippen LogP contribution in [0.5, 0.6) is 0 Å². The summed E-state index contributed by atoms with van der Waals surface area (Å²) in [5.41, 5.74) is 0. The standard InChI is InChI=1S/C11H18N2O2S3/c1-12(2)18(14,15)13-6-5-11(17-9-7-13)10-4-3-8-16-10/h3-4,8,11H,5-7,9H2,1-2H3. The van der Waals surface area contributed by atoms with Crippen LogP contribution in [0.15, 0.2) is 17.5 Å². The minimum Gasteiger partial charge on any atom is -0.195 e. The summed E-state index contributed by atoms with van der Waals surface area (Å²) in [5.74, 6) is 0.857. The summed E-state index contributed by atoms with van der Waals surface area (Å²) in [6.07, 6.45) is 0.887. The second kappa shape index (κ2) is 5.92. The maximum Gasteiger partial charge on any atom is 0.281 e. The predicted molar refractivity (Wildman–Crippen MR) is 78.3 cm³/mol. The maximum absolute atomic E-state index is 12.1. The molecule has 0 aromatic carbocycles. The lowest BCUT2D eigenvalue weighted by Crippen LogP contribution is -2.41. The molecule has 0 saturated carbocycles. The molecule has 0 N–H and O–H groups in total. The Labute approximate surface area is 117 Å². The molecule has 0 amide bonds. The highest BCUT2D eigenvalue weighted by molar-refractivity contribution is 7.99. The monoisotopic (exact) mass is 306 g/mol. The van der Waals surface area contributed by atoms with Crippen molar-refractivity contribution in [2.24, 2.45) is 0 Å². The maximum atomic E-state index is 12.1. The first-order chi connectivity index (χ1) is 8.51. The van der Waals surface area contributed by atoms with Crippen LogP contribution in [-0.2, 0) is 10.2 Å². The molecule has 0 bridgehead atoms. The van der Waals surface area contributed by atoms with Gasteiger partial charge in [0, 0.05) is 43.1 Å². The zero-order valence-corrected chi connectivity index (χ0v) is 13.0. The molecule has 0 aliphatic carbocycles. The summed E-state index contributed by atoms with van der Waals surface area (Å²) >= 11 is 3.61. The fourth-order valence-corrected chi connectivity index (χ4v) is 5.39. The average molecular weight is 306 g/mol. The summed E-state index contributed by atoms with van der Waals surface area (Å²) in [6.45, 7) is 1.21. The molecular weight excluding hydrogens is 288 g/mol. The van der Waals surface area contributed by atoms with Crippen molar-refractivity contribution >= 4 is 33.3 Å². The second-order valence-electron chi connectivity index (χ2n) is 4.35. The van der Waals surface area contributed by atoms with Crippen LogP contribution in [0, 0.1) is 0 Å². The lowest BCUT2D eigenvalue weighted by molar-refractivity contribution is 0.388. The van der Waals surface area contributed by atoms with Crippen molar-refractivity contribution in [3.8, 4) is 0 Å². The van der Waals surface area contributed by atoms with Gasteiger partial charge in [-0.1, -0.05) is 6.07 Å².